The Hall–Kier alpha value is -2.60. The standard InChI is InChI=1S/C24H30ClFN2O3/c1-5-16(3)27-24(30)22(6-2)28(15-17-10-12-18(31-4)13-11-17)23(29)14-19-20(25)8-7-9-21(19)26/h7-13,16,22H,5-6,14-15H2,1-4H3,(H,27,30)/t16-,22-/m0/s1. The van der Waals surface area contributed by atoms with E-state index in [0.717, 1.165) is 12.0 Å². The number of nitrogens with zero attached hydrogens (tertiary/aromatic N) is 1. The minimum atomic E-state index is -0.686. The van der Waals surface area contributed by atoms with Crippen LogP contribution >= 0.6 is 11.6 Å². The van der Waals surface area contributed by atoms with Crippen LogP contribution in [0.15, 0.2) is 42.5 Å². The number of hydrogen-bond donors (Lipinski definition) is 1. The van der Waals surface area contributed by atoms with Gasteiger partial charge in [-0.05, 0) is 49.6 Å². The number of ether oxygens (including phenoxy) is 1. The number of methoxy groups -OCH3 is 1. The molecule has 0 bridgehead atoms. The summed E-state index contributed by atoms with van der Waals surface area (Å²) in [6.45, 7) is 5.96. The van der Waals surface area contributed by atoms with Crippen molar-refractivity contribution >= 4 is 23.4 Å². The molecular weight excluding hydrogens is 419 g/mol. The zero-order chi connectivity index (χ0) is 23.0. The second-order valence-electron chi connectivity index (χ2n) is 7.49. The molecule has 0 spiro atoms. The van der Waals surface area contributed by atoms with E-state index < -0.39 is 11.9 Å². The highest BCUT2D eigenvalue weighted by atomic mass is 35.5. The van der Waals surface area contributed by atoms with Gasteiger partial charge in [0.15, 0.2) is 0 Å². The third kappa shape index (κ3) is 6.69. The Balaban J connectivity index is 2.34. The number of nitrogens with one attached hydrogen (secondary N) is 1. The first kappa shape index (κ1) is 24.7. The van der Waals surface area contributed by atoms with Crippen LogP contribution < -0.4 is 10.1 Å². The minimum absolute atomic E-state index is 0.0134. The molecule has 7 heteroatoms. The predicted octanol–water partition coefficient (Wildman–Crippen LogP) is 4.75. The fourth-order valence-corrected chi connectivity index (χ4v) is 3.47. The van der Waals surface area contributed by atoms with Gasteiger partial charge in [-0.15, -0.1) is 0 Å². The van der Waals surface area contributed by atoms with Gasteiger partial charge in [0.1, 0.15) is 17.6 Å². The van der Waals surface area contributed by atoms with Gasteiger partial charge >= 0.3 is 0 Å². The Morgan fingerprint density at radius 2 is 1.81 bits per heavy atom. The highest BCUT2D eigenvalue weighted by Crippen LogP contribution is 2.22. The summed E-state index contributed by atoms with van der Waals surface area (Å²) < 4.78 is 19.5. The van der Waals surface area contributed by atoms with E-state index in [0.29, 0.717) is 12.2 Å². The summed E-state index contributed by atoms with van der Waals surface area (Å²) in [5, 5.41) is 3.14. The van der Waals surface area contributed by atoms with Gasteiger partial charge in [-0.3, -0.25) is 9.59 Å². The molecule has 0 aromatic heterocycles. The maximum atomic E-state index is 14.3. The Labute approximate surface area is 188 Å². The van der Waals surface area contributed by atoms with Crippen molar-refractivity contribution in [1.29, 1.82) is 0 Å². The van der Waals surface area contributed by atoms with E-state index >= 15 is 0 Å². The molecule has 2 atom stereocenters. The lowest BCUT2D eigenvalue weighted by atomic mass is 10.1. The molecule has 0 heterocycles. The summed E-state index contributed by atoms with van der Waals surface area (Å²) in [4.78, 5) is 27.7. The zero-order valence-electron chi connectivity index (χ0n) is 18.5. The Bertz CT molecular complexity index is 869. The second kappa shape index (κ2) is 11.7. The Morgan fingerprint density at radius 3 is 2.35 bits per heavy atom. The lowest BCUT2D eigenvalue weighted by molar-refractivity contribution is -0.141. The molecule has 5 nitrogen and oxygen atoms in total. The molecule has 0 unspecified atom stereocenters. The fraction of sp³-hybridized carbons (Fsp3) is 0.417. The van der Waals surface area contributed by atoms with Gasteiger partial charge < -0.3 is 15.0 Å². The normalized spacial score (nSPS) is 12.7. The van der Waals surface area contributed by atoms with Gasteiger partial charge in [0.05, 0.1) is 13.5 Å². The van der Waals surface area contributed by atoms with Crippen LogP contribution in [0.25, 0.3) is 0 Å². The molecule has 2 rings (SSSR count). The first-order valence-corrected chi connectivity index (χ1v) is 10.8. The van der Waals surface area contributed by atoms with E-state index in [2.05, 4.69) is 5.32 Å². The second-order valence-corrected chi connectivity index (χ2v) is 7.90. The lowest BCUT2D eigenvalue weighted by Crippen LogP contribution is -2.51. The first-order valence-electron chi connectivity index (χ1n) is 10.5. The van der Waals surface area contributed by atoms with E-state index in [4.69, 9.17) is 16.3 Å². The monoisotopic (exact) mass is 448 g/mol. The SMILES string of the molecule is CC[C@H](C)NC(=O)[C@H](CC)N(Cc1ccc(OC)cc1)C(=O)Cc1c(F)cccc1Cl. The van der Waals surface area contributed by atoms with Crippen molar-refractivity contribution in [2.75, 3.05) is 7.11 Å². The third-order valence-electron chi connectivity index (χ3n) is 5.29. The Morgan fingerprint density at radius 1 is 1.13 bits per heavy atom. The maximum absolute atomic E-state index is 14.3. The lowest BCUT2D eigenvalue weighted by Gasteiger charge is -2.31. The van der Waals surface area contributed by atoms with Crippen molar-refractivity contribution in [2.45, 2.75) is 58.7 Å². The van der Waals surface area contributed by atoms with Gasteiger partial charge in [-0.25, -0.2) is 4.39 Å². The highest BCUT2D eigenvalue weighted by molar-refractivity contribution is 6.31. The van der Waals surface area contributed by atoms with Crippen molar-refractivity contribution < 1.29 is 18.7 Å². The average Bonchev–Trinajstić information content (AvgIpc) is 2.76. The summed E-state index contributed by atoms with van der Waals surface area (Å²) in [6.07, 6.45) is 0.976. The van der Waals surface area contributed by atoms with Crippen molar-refractivity contribution in [3.05, 3.63) is 64.4 Å². The van der Waals surface area contributed by atoms with Crippen LogP contribution in [-0.2, 0) is 22.6 Å². The van der Waals surface area contributed by atoms with E-state index in [-0.39, 0.29) is 41.4 Å². The van der Waals surface area contributed by atoms with Crippen LogP contribution in [0.5, 0.6) is 5.75 Å². The molecule has 31 heavy (non-hydrogen) atoms. The Kier molecular flexibility index (Phi) is 9.31. The number of halogens is 2. The molecule has 0 aliphatic heterocycles. The molecule has 0 aliphatic carbocycles. The summed E-state index contributed by atoms with van der Waals surface area (Å²) in [5.74, 6) is -0.434. The number of amides is 2. The number of hydrogen-bond acceptors (Lipinski definition) is 3. The fourth-order valence-electron chi connectivity index (χ4n) is 3.24. The largest absolute Gasteiger partial charge is 0.497 e. The van der Waals surface area contributed by atoms with E-state index in [1.807, 2.05) is 32.9 Å². The average molecular weight is 449 g/mol. The van der Waals surface area contributed by atoms with Crippen LogP contribution in [0.4, 0.5) is 4.39 Å². The van der Waals surface area contributed by atoms with Gasteiger partial charge in [0, 0.05) is 23.2 Å². The molecule has 0 saturated heterocycles. The van der Waals surface area contributed by atoms with Gasteiger partial charge in [-0.1, -0.05) is 43.6 Å². The topological polar surface area (TPSA) is 58.6 Å². The molecule has 0 aliphatic rings. The van der Waals surface area contributed by atoms with Gasteiger partial charge in [0.2, 0.25) is 11.8 Å². The maximum Gasteiger partial charge on any atom is 0.243 e. The molecule has 1 N–H and O–H groups in total. The number of rotatable bonds is 10. The molecule has 2 aromatic carbocycles. The molecule has 0 fully saturated rings. The molecule has 2 aromatic rings. The zero-order valence-corrected chi connectivity index (χ0v) is 19.2. The first-order chi connectivity index (χ1) is 14.8. The van der Waals surface area contributed by atoms with Crippen molar-refractivity contribution in [2.24, 2.45) is 0 Å². The van der Waals surface area contributed by atoms with E-state index in [9.17, 15) is 14.0 Å². The highest BCUT2D eigenvalue weighted by Gasteiger charge is 2.30. The quantitative estimate of drug-likeness (QED) is 0.570. The molecule has 2 amide bonds. The van der Waals surface area contributed by atoms with Crippen molar-refractivity contribution in [3.8, 4) is 5.75 Å². The summed E-state index contributed by atoms with van der Waals surface area (Å²) >= 11 is 6.13. The van der Waals surface area contributed by atoms with E-state index in [1.54, 1.807) is 25.3 Å². The predicted molar refractivity (Wildman–Crippen MR) is 121 cm³/mol. The van der Waals surface area contributed by atoms with Crippen LogP contribution in [0, 0.1) is 5.82 Å². The molecular formula is C24H30ClFN2O3. The summed E-state index contributed by atoms with van der Waals surface area (Å²) in [6, 6.07) is 10.9. The number of carbonyl (C=O) groups excluding carboxylic acids is 2. The van der Waals surface area contributed by atoms with Crippen LogP contribution in [0.1, 0.15) is 44.7 Å². The van der Waals surface area contributed by atoms with Crippen molar-refractivity contribution in [1.82, 2.24) is 10.2 Å². The molecule has 0 radical (unpaired) electrons. The van der Waals surface area contributed by atoms with Crippen molar-refractivity contribution in [3.63, 3.8) is 0 Å². The molecule has 168 valence electrons. The van der Waals surface area contributed by atoms with Gasteiger partial charge in [0.25, 0.3) is 0 Å². The van der Waals surface area contributed by atoms with Gasteiger partial charge in [-0.2, -0.15) is 0 Å². The molecule has 0 saturated carbocycles. The third-order valence-corrected chi connectivity index (χ3v) is 5.64. The van der Waals surface area contributed by atoms with Crippen LogP contribution in [-0.4, -0.2) is 35.9 Å². The van der Waals surface area contributed by atoms with Crippen LogP contribution in [0.2, 0.25) is 5.02 Å². The summed E-state index contributed by atoms with van der Waals surface area (Å²) in [5.41, 5.74) is 0.967. The number of carbonyl (C=O) groups is 2. The summed E-state index contributed by atoms with van der Waals surface area (Å²) in [7, 11) is 1.58. The number of benzene rings is 2. The minimum Gasteiger partial charge on any atom is -0.497 e. The smallest absolute Gasteiger partial charge is 0.243 e. The van der Waals surface area contributed by atoms with E-state index in [1.165, 1.54) is 17.0 Å². The van der Waals surface area contributed by atoms with Crippen LogP contribution in [0.3, 0.4) is 0 Å².